The number of hydrogen-bond acceptors (Lipinski definition) is 2. The predicted octanol–water partition coefficient (Wildman–Crippen LogP) is 3.14. The molecule has 0 radical (unpaired) electrons. The maximum atomic E-state index is 12.6. The number of aryl methyl sites for hydroxylation is 1. The molecule has 1 unspecified atom stereocenters. The fourth-order valence-electron chi connectivity index (χ4n) is 2.32. The topological polar surface area (TPSA) is 37.4 Å². The number of nitrogens with zero attached hydrogens (tertiary/aromatic N) is 1. The van der Waals surface area contributed by atoms with E-state index in [2.05, 4.69) is 12.2 Å². The van der Waals surface area contributed by atoms with Crippen LogP contribution in [-0.4, -0.2) is 25.8 Å². The maximum absolute atomic E-state index is 12.6. The van der Waals surface area contributed by atoms with Crippen molar-refractivity contribution >= 4 is 10.0 Å². The molecule has 1 heterocycles. The predicted molar refractivity (Wildman–Crippen MR) is 82.0 cm³/mol. The van der Waals surface area contributed by atoms with Crippen LogP contribution in [0.4, 0.5) is 0 Å². The van der Waals surface area contributed by atoms with Crippen LogP contribution >= 0.6 is 0 Å². The zero-order valence-electron chi connectivity index (χ0n) is 12.2. The van der Waals surface area contributed by atoms with Crippen molar-refractivity contribution in [2.45, 2.75) is 25.7 Å². The van der Waals surface area contributed by atoms with E-state index in [0.717, 1.165) is 5.56 Å². The van der Waals surface area contributed by atoms with Gasteiger partial charge in [-0.05, 0) is 32.9 Å². The van der Waals surface area contributed by atoms with E-state index in [0.29, 0.717) is 18.0 Å². The first kappa shape index (κ1) is 15.0. The van der Waals surface area contributed by atoms with E-state index in [9.17, 15) is 8.42 Å². The summed E-state index contributed by atoms with van der Waals surface area (Å²) in [6.07, 6.45) is 6.11. The van der Waals surface area contributed by atoms with E-state index in [1.165, 1.54) is 5.57 Å². The molecule has 1 aromatic carbocycles. The van der Waals surface area contributed by atoms with Gasteiger partial charge in [-0.25, -0.2) is 8.42 Å². The Morgan fingerprint density at radius 1 is 1.25 bits per heavy atom. The van der Waals surface area contributed by atoms with Gasteiger partial charge in [-0.2, -0.15) is 4.31 Å². The van der Waals surface area contributed by atoms with E-state index >= 15 is 0 Å². The molecule has 4 heteroatoms. The molecule has 3 nitrogen and oxygen atoms in total. The Morgan fingerprint density at radius 3 is 2.50 bits per heavy atom. The zero-order valence-corrected chi connectivity index (χ0v) is 13.0. The lowest BCUT2D eigenvalue weighted by molar-refractivity contribution is 0.408. The standard InChI is InChI=1S/C16H21NO2S/c1-13(2)11-15-5-4-10-17(12-15)20(18,19)16-8-6-14(3)7-9-16/h4-9,11,15H,10,12H2,1-3H3. The van der Waals surface area contributed by atoms with Gasteiger partial charge in [-0.3, -0.25) is 0 Å². The Bertz CT molecular complexity index is 623. The molecule has 0 amide bonds. The molecular weight excluding hydrogens is 270 g/mol. The summed E-state index contributed by atoms with van der Waals surface area (Å²) in [5.74, 6) is 0.161. The van der Waals surface area contributed by atoms with Crippen molar-refractivity contribution in [3.05, 3.63) is 53.6 Å². The fraction of sp³-hybridized carbons (Fsp3) is 0.375. The Balaban J connectivity index is 2.25. The molecule has 1 atom stereocenters. The van der Waals surface area contributed by atoms with Crippen molar-refractivity contribution < 1.29 is 8.42 Å². The molecule has 108 valence electrons. The third kappa shape index (κ3) is 3.38. The molecule has 0 aliphatic carbocycles. The molecule has 2 rings (SSSR count). The van der Waals surface area contributed by atoms with Crippen molar-refractivity contribution in [2.75, 3.05) is 13.1 Å². The number of sulfonamides is 1. The van der Waals surface area contributed by atoms with Crippen LogP contribution in [-0.2, 0) is 10.0 Å². The van der Waals surface area contributed by atoms with E-state index < -0.39 is 10.0 Å². The fourth-order valence-corrected chi connectivity index (χ4v) is 3.74. The van der Waals surface area contributed by atoms with Gasteiger partial charge in [-0.15, -0.1) is 0 Å². The quantitative estimate of drug-likeness (QED) is 0.802. The van der Waals surface area contributed by atoms with Gasteiger partial charge in [0, 0.05) is 19.0 Å². The molecule has 0 saturated carbocycles. The molecule has 0 saturated heterocycles. The molecule has 20 heavy (non-hydrogen) atoms. The summed E-state index contributed by atoms with van der Waals surface area (Å²) < 4.78 is 26.7. The average Bonchev–Trinajstić information content (AvgIpc) is 2.39. The van der Waals surface area contributed by atoms with Crippen molar-refractivity contribution in [1.82, 2.24) is 4.31 Å². The maximum Gasteiger partial charge on any atom is 0.243 e. The summed E-state index contributed by atoms with van der Waals surface area (Å²) in [5.41, 5.74) is 2.26. The van der Waals surface area contributed by atoms with Gasteiger partial charge in [-0.1, -0.05) is 41.5 Å². The molecule has 0 spiro atoms. The van der Waals surface area contributed by atoms with Crippen LogP contribution in [0.5, 0.6) is 0 Å². The molecular formula is C16H21NO2S. The molecule has 0 fully saturated rings. The second kappa shape index (κ2) is 5.94. The van der Waals surface area contributed by atoms with Gasteiger partial charge in [0.05, 0.1) is 4.90 Å². The van der Waals surface area contributed by atoms with Gasteiger partial charge in [0.1, 0.15) is 0 Å². The minimum Gasteiger partial charge on any atom is -0.207 e. The van der Waals surface area contributed by atoms with Gasteiger partial charge in [0.15, 0.2) is 0 Å². The molecule has 1 aliphatic heterocycles. The van der Waals surface area contributed by atoms with Gasteiger partial charge >= 0.3 is 0 Å². The second-order valence-electron chi connectivity index (χ2n) is 5.47. The highest BCUT2D eigenvalue weighted by molar-refractivity contribution is 7.89. The lowest BCUT2D eigenvalue weighted by Gasteiger charge is -2.27. The molecule has 0 N–H and O–H groups in total. The molecule has 0 bridgehead atoms. The molecule has 1 aromatic rings. The zero-order chi connectivity index (χ0) is 14.8. The summed E-state index contributed by atoms with van der Waals surface area (Å²) in [4.78, 5) is 0.370. The lowest BCUT2D eigenvalue weighted by atomic mass is 10.0. The van der Waals surface area contributed by atoms with Crippen LogP contribution in [0.15, 0.2) is 53.0 Å². The van der Waals surface area contributed by atoms with Crippen molar-refractivity contribution in [1.29, 1.82) is 0 Å². The van der Waals surface area contributed by atoms with Crippen LogP contribution in [0, 0.1) is 12.8 Å². The monoisotopic (exact) mass is 291 g/mol. The van der Waals surface area contributed by atoms with Gasteiger partial charge in [0.25, 0.3) is 0 Å². The smallest absolute Gasteiger partial charge is 0.207 e. The van der Waals surface area contributed by atoms with Crippen molar-refractivity contribution in [3.63, 3.8) is 0 Å². The normalized spacial score (nSPS) is 19.9. The highest BCUT2D eigenvalue weighted by atomic mass is 32.2. The summed E-state index contributed by atoms with van der Waals surface area (Å²) in [5, 5.41) is 0. The molecule has 0 aromatic heterocycles. The molecule has 1 aliphatic rings. The average molecular weight is 291 g/mol. The SMILES string of the molecule is CC(C)=CC1C=CCN(S(=O)(=O)c2ccc(C)cc2)C1. The lowest BCUT2D eigenvalue weighted by Crippen LogP contribution is -2.37. The van der Waals surface area contributed by atoms with Gasteiger partial charge < -0.3 is 0 Å². The van der Waals surface area contributed by atoms with E-state index in [4.69, 9.17) is 0 Å². The van der Waals surface area contributed by atoms with E-state index in [1.54, 1.807) is 16.4 Å². The number of rotatable bonds is 3. The van der Waals surface area contributed by atoms with Crippen LogP contribution in [0.1, 0.15) is 19.4 Å². The Hall–Kier alpha value is -1.39. The Labute approximate surface area is 121 Å². The van der Waals surface area contributed by atoms with E-state index in [-0.39, 0.29) is 5.92 Å². The summed E-state index contributed by atoms with van der Waals surface area (Å²) in [6, 6.07) is 7.03. The summed E-state index contributed by atoms with van der Waals surface area (Å²) in [7, 11) is -3.39. The summed E-state index contributed by atoms with van der Waals surface area (Å²) in [6.45, 7) is 6.97. The van der Waals surface area contributed by atoms with Crippen LogP contribution < -0.4 is 0 Å². The largest absolute Gasteiger partial charge is 0.243 e. The minimum absolute atomic E-state index is 0.161. The number of hydrogen-bond donors (Lipinski definition) is 0. The van der Waals surface area contributed by atoms with E-state index in [1.807, 2.05) is 39.0 Å². The third-order valence-electron chi connectivity index (χ3n) is 3.31. The minimum atomic E-state index is -3.39. The first-order valence-corrected chi connectivity index (χ1v) is 8.22. The number of benzene rings is 1. The second-order valence-corrected chi connectivity index (χ2v) is 7.41. The van der Waals surface area contributed by atoms with Crippen molar-refractivity contribution in [2.24, 2.45) is 5.92 Å². The Kier molecular flexibility index (Phi) is 4.45. The van der Waals surface area contributed by atoms with Gasteiger partial charge in [0.2, 0.25) is 10.0 Å². The first-order valence-electron chi connectivity index (χ1n) is 6.78. The highest BCUT2D eigenvalue weighted by Gasteiger charge is 2.26. The third-order valence-corrected chi connectivity index (χ3v) is 5.16. The van der Waals surface area contributed by atoms with Crippen molar-refractivity contribution in [3.8, 4) is 0 Å². The first-order chi connectivity index (χ1) is 9.39. The summed E-state index contributed by atoms with van der Waals surface area (Å²) >= 11 is 0. The van der Waals surface area contributed by atoms with Crippen LogP contribution in [0.2, 0.25) is 0 Å². The Morgan fingerprint density at radius 2 is 1.90 bits per heavy atom. The number of allylic oxidation sites excluding steroid dienone is 1. The van der Waals surface area contributed by atoms with Crippen LogP contribution in [0.3, 0.4) is 0 Å². The highest BCUT2D eigenvalue weighted by Crippen LogP contribution is 2.21. The van der Waals surface area contributed by atoms with Crippen LogP contribution in [0.25, 0.3) is 0 Å².